The van der Waals surface area contributed by atoms with Gasteiger partial charge in [-0.1, -0.05) is 103 Å². The van der Waals surface area contributed by atoms with Crippen LogP contribution >= 0.6 is 7.82 Å². The van der Waals surface area contributed by atoms with E-state index in [0.29, 0.717) is 24.2 Å². The first-order chi connectivity index (χ1) is 18.7. The molecule has 2 atom stereocenters. The molecule has 0 aliphatic carbocycles. The molecular weight excluding hydrogens is 513 g/mol. The summed E-state index contributed by atoms with van der Waals surface area (Å²) < 4.78 is 33.3. The molecule has 39 heavy (non-hydrogen) atoms. The molecule has 0 N–H and O–H groups in total. The molecule has 0 fully saturated rings. The summed E-state index contributed by atoms with van der Waals surface area (Å²) in [7, 11) is 3.10. The van der Waals surface area contributed by atoms with Crippen molar-refractivity contribution in [2.45, 2.75) is 129 Å². The zero-order chi connectivity index (χ0) is 29.1. The van der Waals surface area contributed by atoms with Crippen molar-refractivity contribution in [3.05, 3.63) is 12.2 Å². The van der Waals surface area contributed by atoms with Gasteiger partial charge in [0.15, 0.2) is 0 Å². The third-order valence-corrected chi connectivity index (χ3v) is 7.83. The smallest absolute Gasteiger partial charge is 0.268 e. The Balaban J connectivity index is 3.49. The van der Waals surface area contributed by atoms with Crippen molar-refractivity contribution >= 4 is 7.82 Å². The van der Waals surface area contributed by atoms with Gasteiger partial charge in [-0.2, -0.15) is 0 Å². The van der Waals surface area contributed by atoms with Gasteiger partial charge in [0.05, 0.1) is 34.4 Å². The summed E-state index contributed by atoms with van der Waals surface area (Å²) in [6.45, 7) is 3.77. The quantitative estimate of drug-likeness (QED) is 0.0375. The van der Waals surface area contributed by atoms with Gasteiger partial charge in [-0.15, -0.1) is 0 Å². The predicted octanol–water partition coefficient (Wildman–Crippen LogP) is 7.82. The fourth-order valence-electron chi connectivity index (χ4n) is 4.20. The highest BCUT2D eigenvalue weighted by molar-refractivity contribution is 7.45. The van der Waals surface area contributed by atoms with Crippen molar-refractivity contribution in [2.24, 2.45) is 0 Å². The number of nitrogens with zero attached hydrogens (tertiary/aromatic N) is 1. The molecule has 0 rings (SSSR count). The summed E-state index contributed by atoms with van der Waals surface area (Å²) in [5.74, 6) is 0. The standard InChI is InChI=1S/C31H64NO6P/c1-6-7-8-9-10-11-12-13-14-15-16-17-18-19-20-21-22-23-24-25-27-36-29-31(35-5)30-38-39(33,34)37-28-26-32(2,3)4/h20-21,31H,6-19,22-30H2,1-5H3/b21-20-/t31-/m1/s1. The summed E-state index contributed by atoms with van der Waals surface area (Å²) in [5, 5.41) is 0. The molecule has 0 saturated heterocycles. The number of ether oxygens (including phenoxy) is 2. The minimum atomic E-state index is -4.33. The number of hydrogen-bond acceptors (Lipinski definition) is 6. The van der Waals surface area contributed by atoms with Crippen molar-refractivity contribution in [1.82, 2.24) is 0 Å². The first-order valence-electron chi connectivity index (χ1n) is 15.9. The van der Waals surface area contributed by atoms with E-state index in [2.05, 4.69) is 19.1 Å². The Morgan fingerprint density at radius 3 is 1.67 bits per heavy atom. The SMILES string of the molecule is CCCCCCCCCCCCCCC/C=C\CCCCCOC[C@H](COP(=O)([O-])OCC[N+](C)(C)C)OC. The molecule has 0 bridgehead atoms. The number of methoxy groups -OCH3 is 1. The lowest BCUT2D eigenvalue weighted by Crippen LogP contribution is -2.37. The van der Waals surface area contributed by atoms with Crippen LogP contribution in [-0.2, 0) is 23.1 Å². The number of rotatable bonds is 30. The Bertz CT molecular complexity index is 596. The summed E-state index contributed by atoms with van der Waals surface area (Å²) in [6.07, 6.45) is 28.1. The van der Waals surface area contributed by atoms with Gasteiger partial charge in [0, 0.05) is 13.7 Å². The van der Waals surface area contributed by atoms with Crippen molar-refractivity contribution in [3.8, 4) is 0 Å². The van der Waals surface area contributed by atoms with Crippen LogP contribution in [0.3, 0.4) is 0 Å². The molecule has 8 heteroatoms. The van der Waals surface area contributed by atoms with Crippen LogP contribution in [0.4, 0.5) is 0 Å². The molecule has 0 aliphatic rings. The number of unbranched alkanes of at least 4 members (excludes halogenated alkanes) is 16. The van der Waals surface area contributed by atoms with Crippen LogP contribution < -0.4 is 4.89 Å². The number of phosphoric ester groups is 1. The highest BCUT2D eigenvalue weighted by Crippen LogP contribution is 2.38. The monoisotopic (exact) mass is 577 g/mol. The van der Waals surface area contributed by atoms with E-state index in [1.54, 1.807) is 0 Å². The number of hydrogen-bond donors (Lipinski definition) is 0. The van der Waals surface area contributed by atoms with Crippen LogP contribution in [0.1, 0.15) is 122 Å². The Morgan fingerprint density at radius 1 is 0.692 bits per heavy atom. The zero-order valence-corrected chi connectivity index (χ0v) is 27.2. The van der Waals surface area contributed by atoms with Crippen LogP contribution in [0.5, 0.6) is 0 Å². The molecule has 0 spiro atoms. The first-order valence-corrected chi connectivity index (χ1v) is 17.3. The maximum absolute atomic E-state index is 11.9. The lowest BCUT2D eigenvalue weighted by molar-refractivity contribution is -0.870. The molecule has 1 unspecified atom stereocenters. The van der Waals surface area contributed by atoms with E-state index in [0.717, 1.165) is 19.3 Å². The van der Waals surface area contributed by atoms with Crippen molar-refractivity contribution in [3.63, 3.8) is 0 Å². The van der Waals surface area contributed by atoms with E-state index in [4.69, 9.17) is 18.5 Å². The molecule has 0 aromatic rings. The first kappa shape index (κ1) is 38.7. The van der Waals surface area contributed by atoms with E-state index in [9.17, 15) is 9.46 Å². The second-order valence-electron chi connectivity index (χ2n) is 11.9. The highest BCUT2D eigenvalue weighted by Gasteiger charge is 2.16. The Kier molecular flexibility index (Phi) is 26.4. The van der Waals surface area contributed by atoms with E-state index in [1.165, 1.54) is 103 Å². The van der Waals surface area contributed by atoms with Gasteiger partial charge in [0.25, 0.3) is 7.82 Å². The molecule has 0 amide bonds. The van der Waals surface area contributed by atoms with Crippen molar-refractivity contribution in [2.75, 3.05) is 61.2 Å². The molecule has 0 radical (unpaired) electrons. The van der Waals surface area contributed by atoms with Gasteiger partial charge < -0.3 is 27.9 Å². The van der Waals surface area contributed by atoms with Crippen LogP contribution in [0, 0.1) is 0 Å². The third-order valence-electron chi connectivity index (χ3n) is 6.87. The average Bonchev–Trinajstić information content (AvgIpc) is 2.88. The largest absolute Gasteiger partial charge is 0.756 e. The number of allylic oxidation sites excluding steroid dienone is 2. The normalized spacial score (nSPS) is 14.7. The van der Waals surface area contributed by atoms with Crippen LogP contribution in [0.15, 0.2) is 12.2 Å². The van der Waals surface area contributed by atoms with Gasteiger partial charge in [0.1, 0.15) is 19.3 Å². The van der Waals surface area contributed by atoms with Crippen molar-refractivity contribution in [1.29, 1.82) is 0 Å². The molecule has 0 saturated carbocycles. The predicted molar refractivity (Wildman–Crippen MR) is 162 cm³/mol. The molecule has 7 nitrogen and oxygen atoms in total. The molecule has 0 aromatic carbocycles. The molecule has 0 heterocycles. The van der Waals surface area contributed by atoms with E-state index < -0.39 is 13.9 Å². The number of likely N-dealkylation sites (N-methyl/N-ethyl adjacent to an activating group) is 1. The average molecular weight is 578 g/mol. The van der Waals surface area contributed by atoms with Crippen LogP contribution in [0.25, 0.3) is 0 Å². The fourth-order valence-corrected chi connectivity index (χ4v) is 4.92. The third kappa shape index (κ3) is 30.5. The summed E-state index contributed by atoms with van der Waals surface area (Å²) >= 11 is 0. The molecular formula is C31H64NO6P. The topological polar surface area (TPSA) is 77.1 Å². The van der Waals surface area contributed by atoms with E-state index in [-0.39, 0.29) is 13.2 Å². The molecule has 234 valence electrons. The number of phosphoric acid groups is 1. The lowest BCUT2D eigenvalue weighted by Gasteiger charge is -2.28. The number of quaternary nitrogens is 1. The molecule has 0 aromatic heterocycles. The van der Waals surface area contributed by atoms with Crippen LogP contribution in [-0.4, -0.2) is 71.8 Å². The van der Waals surface area contributed by atoms with Gasteiger partial charge in [-0.25, -0.2) is 0 Å². The minimum absolute atomic E-state index is 0.0903. The maximum Gasteiger partial charge on any atom is 0.268 e. The molecule has 0 aliphatic heterocycles. The Hall–Kier alpha value is -0.270. The van der Waals surface area contributed by atoms with E-state index in [1.807, 2.05) is 21.1 Å². The van der Waals surface area contributed by atoms with Crippen LogP contribution in [0.2, 0.25) is 0 Å². The maximum atomic E-state index is 11.9. The Labute approximate surface area is 242 Å². The fraction of sp³-hybridized carbons (Fsp3) is 0.935. The zero-order valence-electron chi connectivity index (χ0n) is 26.3. The second kappa shape index (κ2) is 26.6. The minimum Gasteiger partial charge on any atom is -0.756 e. The van der Waals surface area contributed by atoms with Gasteiger partial charge in [-0.3, -0.25) is 4.57 Å². The second-order valence-corrected chi connectivity index (χ2v) is 13.3. The lowest BCUT2D eigenvalue weighted by atomic mass is 10.0. The van der Waals surface area contributed by atoms with E-state index >= 15 is 0 Å². The Morgan fingerprint density at radius 2 is 1.18 bits per heavy atom. The highest BCUT2D eigenvalue weighted by atomic mass is 31.2. The van der Waals surface area contributed by atoms with Gasteiger partial charge >= 0.3 is 0 Å². The summed E-state index contributed by atoms with van der Waals surface area (Å²) in [4.78, 5) is 11.9. The van der Waals surface area contributed by atoms with Crippen molar-refractivity contribution < 1.29 is 32.5 Å². The van der Waals surface area contributed by atoms with Gasteiger partial charge in [0.2, 0.25) is 0 Å². The summed E-state index contributed by atoms with van der Waals surface area (Å²) in [6, 6.07) is 0. The summed E-state index contributed by atoms with van der Waals surface area (Å²) in [5.41, 5.74) is 0. The van der Waals surface area contributed by atoms with Gasteiger partial charge in [-0.05, 0) is 32.1 Å².